The standard InChI is InChI=1S/C25H22O4/c1-2-29-21(28)13-14-25-17-9-5-3-7-15(17)22(16-8-4-6-10-18(16)25)23-19(26)11-12-20(27)24(23)25/h3-12,22-24H,2,13-14H2,1H3. The Morgan fingerprint density at radius 2 is 1.52 bits per heavy atom. The van der Waals surface area contributed by atoms with Crippen LogP contribution in [0.1, 0.15) is 47.9 Å². The highest BCUT2D eigenvalue weighted by Crippen LogP contribution is 2.64. The second-order valence-corrected chi connectivity index (χ2v) is 8.07. The predicted octanol–water partition coefficient (Wildman–Crippen LogP) is 3.72. The van der Waals surface area contributed by atoms with Crippen molar-refractivity contribution in [1.29, 1.82) is 0 Å². The van der Waals surface area contributed by atoms with Gasteiger partial charge in [-0.05, 0) is 47.8 Å². The first-order chi connectivity index (χ1) is 14.1. The third-order valence-electron chi connectivity index (χ3n) is 6.88. The van der Waals surface area contributed by atoms with Gasteiger partial charge in [-0.1, -0.05) is 48.5 Å². The summed E-state index contributed by atoms with van der Waals surface area (Å²) in [5, 5.41) is 0. The van der Waals surface area contributed by atoms with Gasteiger partial charge in [0.1, 0.15) is 0 Å². The lowest BCUT2D eigenvalue weighted by atomic mass is 9.43. The van der Waals surface area contributed by atoms with Gasteiger partial charge >= 0.3 is 5.97 Å². The lowest BCUT2D eigenvalue weighted by Crippen LogP contribution is -2.58. The summed E-state index contributed by atoms with van der Waals surface area (Å²) in [6.07, 6.45) is 3.52. The normalized spacial score (nSPS) is 28.5. The van der Waals surface area contributed by atoms with Crippen molar-refractivity contribution < 1.29 is 19.1 Å². The zero-order valence-corrected chi connectivity index (χ0v) is 16.3. The van der Waals surface area contributed by atoms with Gasteiger partial charge in [0.2, 0.25) is 0 Å². The number of ketones is 2. The zero-order chi connectivity index (χ0) is 20.2. The Bertz CT molecular complexity index is 1020. The number of ether oxygens (including phenoxy) is 1. The molecule has 146 valence electrons. The molecule has 4 aliphatic carbocycles. The number of esters is 1. The van der Waals surface area contributed by atoms with E-state index in [4.69, 9.17) is 4.74 Å². The quantitative estimate of drug-likeness (QED) is 0.752. The molecule has 0 spiro atoms. The maximum atomic E-state index is 13.2. The van der Waals surface area contributed by atoms with Crippen molar-refractivity contribution in [1.82, 2.24) is 0 Å². The number of hydrogen-bond donors (Lipinski definition) is 0. The first kappa shape index (κ1) is 18.0. The van der Waals surface area contributed by atoms with Crippen LogP contribution in [-0.2, 0) is 24.5 Å². The van der Waals surface area contributed by atoms with Crippen molar-refractivity contribution in [3.8, 4) is 0 Å². The molecule has 2 aromatic carbocycles. The Balaban J connectivity index is 1.78. The lowest BCUT2D eigenvalue weighted by Gasteiger charge is -2.57. The first-order valence-electron chi connectivity index (χ1n) is 10.2. The van der Waals surface area contributed by atoms with E-state index in [0.29, 0.717) is 13.0 Å². The molecule has 29 heavy (non-hydrogen) atoms. The Labute approximate surface area is 169 Å². The Morgan fingerprint density at radius 3 is 2.14 bits per heavy atom. The molecule has 0 aliphatic heterocycles. The molecular formula is C25H22O4. The monoisotopic (exact) mass is 386 g/mol. The van der Waals surface area contributed by atoms with Gasteiger partial charge in [0, 0.05) is 29.6 Å². The van der Waals surface area contributed by atoms with E-state index in [1.54, 1.807) is 6.92 Å². The Morgan fingerprint density at radius 1 is 0.931 bits per heavy atom. The van der Waals surface area contributed by atoms with Gasteiger partial charge in [0.25, 0.3) is 0 Å². The van der Waals surface area contributed by atoms with Gasteiger partial charge in [0.05, 0.1) is 6.61 Å². The van der Waals surface area contributed by atoms with Crippen LogP contribution in [0.5, 0.6) is 0 Å². The molecule has 0 N–H and O–H groups in total. The Hall–Kier alpha value is -3.01. The minimum Gasteiger partial charge on any atom is -0.466 e. The summed E-state index contributed by atoms with van der Waals surface area (Å²) in [6, 6.07) is 16.2. The van der Waals surface area contributed by atoms with E-state index in [-0.39, 0.29) is 29.9 Å². The zero-order valence-electron chi connectivity index (χ0n) is 16.3. The third kappa shape index (κ3) is 2.35. The first-order valence-corrected chi connectivity index (χ1v) is 10.2. The molecule has 0 aromatic heterocycles. The van der Waals surface area contributed by atoms with Crippen LogP contribution < -0.4 is 0 Å². The van der Waals surface area contributed by atoms with Crippen LogP contribution in [0.2, 0.25) is 0 Å². The maximum Gasteiger partial charge on any atom is 0.305 e. The van der Waals surface area contributed by atoms with Crippen molar-refractivity contribution in [3.05, 3.63) is 82.9 Å². The maximum absolute atomic E-state index is 13.2. The topological polar surface area (TPSA) is 60.4 Å². The van der Waals surface area contributed by atoms with E-state index in [1.807, 2.05) is 24.3 Å². The Kier molecular flexibility index (Phi) is 4.05. The molecule has 2 unspecified atom stereocenters. The average molecular weight is 386 g/mol. The molecule has 6 rings (SSSR count). The summed E-state index contributed by atoms with van der Waals surface area (Å²) >= 11 is 0. The largest absolute Gasteiger partial charge is 0.466 e. The second kappa shape index (κ2) is 6.51. The van der Waals surface area contributed by atoms with E-state index in [0.717, 1.165) is 22.3 Å². The molecule has 2 bridgehead atoms. The van der Waals surface area contributed by atoms with Crippen LogP contribution >= 0.6 is 0 Å². The van der Waals surface area contributed by atoms with E-state index in [9.17, 15) is 14.4 Å². The fourth-order valence-corrected chi connectivity index (χ4v) is 5.97. The van der Waals surface area contributed by atoms with Gasteiger partial charge in [0.15, 0.2) is 11.6 Å². The molecule has 0 heterocycles. The van der Waals surface area contributed by atoms with Gasteiger partial charge in [-0.15, -0.1) is 0 Å². The van der Waals surface area contributed by atoms with Crippen LogP contribution in [0.3, 0.4) is 0 Å². The lowest BCUT2D eigenvalue weighted by molar-refractivity contribution is -0.144. The van der Waals surface area contributed by atoms with Crippen LogP contribution in [0, 0.1) is 11.8 Å². The van der Waals surface area contributed by atoms with E-state index in [2.05, 4.69) is 24.3 Å². The van der Waals surface area contributed by atoms with Gasteiger partial charge in [-0.2, -0.15) is 0 Å². The summed E-state index contributed by atoms with van der Waals surface area (Å²) in [6.45, 7) is 2.12. The highest BCUT2D eigenvalue weighted by Gasteiger charge is 2.62. The number of carbonyl (C=O) groups excluding carboxylic acids is 3. The molecule has 4 nitrogen and oxygen atoms in total. The number of allylic oxidation sites excluding steroid dienone is 2. The highest BCUT2D eigenvalue weighted by atomic mass is 16.5. The van der Waals surface area contributed by atoms with E-state index >= 15 is 0 Å². The second-order valence-electron chi connectivity index (χ2n) is 8.07. The third-order valence-corrected chi connectivity index (χ3v) is 6.88. The molecule has 0 amide bonds. The molecule has 0 fully saturated rings. The molecule has 4 heteroatoms. The van der Waals surface area contributed by atoms with E-state index in [1.165, 1.54) is 12.2 Å². The molecule has 0 saturated carbocycles. The SMILES string of the molecule is CCOC(=O)CCC12c3ccccc3C(c3ccccc31)C1C(=O)C=CC(=O)C12. The molecule has 0 saturated heterocycles. The van der Waals surface area contributed by atoms with Crippen LogP contribution in [-0.4, -0.2) is 24.1 Å². The van der Waals surface area contributed by atoms with Crippen molar-refractivity contribution in [3.63, 3.8) is 0 Å². The minimum absolute atomic E-state index is 0.00381. The number of hydrogen-bond acceptors (Lipinski definition) is 4. The molecular weight excluding hydrogens is 364 g/mol. The molecule has 0 radical (unpaired) electrons. The van der Waals surface area contributed by atoms with Crippen molar-refractivity contribution >= 4 is 17.5 Å². The molecule has 2 atom stereocenters. The van der Waals surface area contributed by atoms with Crippen molar-refractivity contribution in [2.45, 2.75) is 31.1 Å². The number of carbonyl (C=O) groups is 3. The van der Waals surface area contributed by atoms with Crippen LogP contribution in [0.25, 0.3) is 0 Å². The fraction of sp³-hybridized carbons (Fsp3) is 0.320. The summed E-state index contributed by atoms with van der Waals surface area (Å²) in [5.74, 6) is -1.32. The highest BCUT2D eigenvalue weighted by molar-refractivity contribution is 6.10. The van der Waals surface area contributed by atoms with Crippen LogP contribution in [0.15, 0.2) is 60.7 Å². The van der Waals surface area contributed by atoms with Gasteiger partial charge in [-0.3, -0.25) is 14.4 Å². The average Bonchev–Trinajstić information content (AvgIpc) is 2.75. The minimum atomic E-state index is -0.698. The summed E-state index contributed by atoms with van der Waals surface area (Å²) in [5.41, 5.74) is 3.66. The molecule has 2 aromatic rings. The summed E-state index contributed by atoms with van der Waals surface area (Å²) in [4.78, 5) is 38.5. The molecule has 4 aliphatic rings. The summed E-state index contributed by atoms with van der Waals surface area (Å²) in [7, 11) is 0. The van der Waals surface area contributed by atoms with Gasteiger partial charge < -0.3 is 4.74 Å². The number of rotatable bonds is 4. The van der Waals surface area contributed by atoms with Crippen molar-refractivity contribution in [2.75, 3.05) is 6.61 Å². The van der Waals surface area contributed by atoms with E-state index < -0.39 is 17.3 Å². The van der Waals surface area contributed by atoms with Crippen molar-refractivity contribution in [2.24, 2.45) is 11.8 Å². The van der Waals surface area contributed by atoms with Crippen LogP contribution in [0.4, 0.5) is 0 Å². The smallest absolute Gasteiger partial charge is 0.305 e. The fourth-order valence-electron chi connectivity index (χ4n) is 5.97. The van der Waals surface area contributed by atoms with Gasteiger partial charge in [-0.25, -0.2) is 0 Å². The predicted molar refractivity (Wildman–Crippen MR) is 108 cm³/mol. The number of benzene rings is 2. The summed E-state index contributed by atoms with van der Waals surface area (Å²) < 4.78 is 5.19.